The van der Waals surface area contributed by atoms with Crippen LogP contribution in [0, 0.1) is 0 Å². The monoisotopic (exact) mass is 195 g/mol. The van der Waals surface area contributed by atoms with Crippen LogP contribution in [0.15, 0.2) is 18.3 Å². The number of hydrogen-bond acceptors (Lipinski definition) is 4. The molecule has 1 rings (SSSR count). The molecule has 0 saturated carbocycles. The molecule has 1 heterocycles. The molecule has 6 nitrogen and oxygen atoms in total. The summed E-state index contributed by atoms with van der Waals surface area (Å²) in [6.45, 7) is 0.924. The molecule has 0 aromatic carbocycles. The highest BCUT2D eigenvalue weighted by molar-refractivity contribution is 5.91. The van der Waals surface area contributed by atoms with Gasteiger partial charge in [0, 0.05) is 20.1 Å². The van der Waals surface area contributed by atoms with Crippen LogP contribution in [0.2, 0.25) is 0 Å². The third kappa shape index (κ3) is 2.98. The zero-order chi connectivity index (χ0) is 10.4. The third-order valence-corrected chi connectivity index (χ3v) is 1.52. The molecule has 3 N–H and O–H groups in total. The van der Waals surface area contributed by atoms with Crippen LogP contribution in [-0.4, -0.2) is 34.0 Å². The zero-order valence-corrected chi connectivity index (χ0v) is 7.97. The van der Waals surface area contributed by atoms with Gasteiger partial charge in [-0.3, -0.25) is 9.48 Å². The summed E-state index contributed by atoms with van der Waals surface area (Å²) in [6.07, 6.45) is 5.12. The van der Waals surface area contributed by atoms with Gasteiger partial charge in [-0.05, 0) is 0 Å². The van der Waals surface area contributed by atoms with Crippen LogP contribution >= 0.6 is 0 Å². The highest BCUT2D eigenvalue weighted by Gasteiger charge is 2.07. The number of nitrogens with one attached hydrogen (secondary N) is 1. The topological polar surface area (TPSA) is 85.8 Å². The minimum atomic E-state index is -0.236. The van der Waals surface area contributed by atoms with E-state index in [1.165, 1.54) is 4.68 Å². The maximum Gasteiger partial charge on any atom is 0.273 e. The number of rotatable bonds is 4. The average Bonchev–Trinajstić information content (AvgIpc) is 2.59. The molecule has 0 fully saturated rings. The van der Waals surface area contributed by atoms with Gasteiger partial charge in [0.2, 0.25) is 0 Å². The standard InChI is InChI=1S/C8H13N5O/c1-13-6-7(11-12-13)8(14)10-5-3-2-4-9/h2-3,6H,4-5,9H2,1H3,(H,10,14)/b3-2+. The van der Waals surface area contributed by atoms with Gasteiger partial charge in [0.05, 0.1) is 6.20 Å². The molecular weight excluding hydrogens is 182 g/mol. The fourth-order valence-electron chi connectivity index (χ4n) is 0.873. The van der Waals surface area contributed by atoms with Gasteiger partial charge in [0.15, 0.2) is 5.69 Å². The van der Waals surface area contributed by atoms with E-state index in [1.54, 1.807) is 25.4 Å². The first kappa shape index (κ1) is 10.4. The normalized spacial score (nSPS) is 10.7. The lowest BCUT2D eigenvalue weighted by atomic mass is 10.4. The van der Waals surface area contributed by atoms with Gasteiger partial charge in [-0.15, -0.1) is 5.10 Å². The first-order valence-corrected chi connectivity index (χ1v) is 4.23. The smallest absolute Gasteiger partial charge is 0.273 e. The number of aryl methyl sites for hydroxylation is 1. The maximum atomic E-state index is 11.3. The summed E-state index contributed by atoms with van der Waals surface area (Å²) >= 11 is 0. The molecule has 0 unspecified atom stereocenters. The fourth-order valence-corrected chi connectivity index (χ4v) is 0.873. The molecule has 0 radical (unpaired) electrons. The van der Waals surface area contributed by atoms with Crippen LogP contribution in [0.5, 0.6) is 0 Å². The van der Waals surface area contributed by atoms with E-state index in [1.807, 2.05) is 0 Å². The molecule has 0 spiro atoms. The Bertz CT molecular complexity index is 330. The maximum absolute atomic E-state index is 11.3. The highest BCUT2D eigenvalue weighted by atomic mass is 16.1. The molecule has 0 aliphatic rings. The Kier molecular flexibility index (Phi) is 3.81. The Hall–Kier alpha value is -1.69. The summed E-state index contributed by atoms with van der Waals surface area (Å²) in [5, 5.41) is 9.97. The van der Waals surface area contributed by atoms with Crippen molar-refractivity contribution >= 4 is 5.91 Å². The van der Waals surface area contributed by atoms with E-state index in [0.717, 1.165) is 0 Å². The van der Waals surface area contributed by atoms with Crippen LogP contribution in [0.4, 0.5) is 0 Å². The number of aromatic nitrogens is 3. The second-order valence-corrected chi connectivity index (χ2v) is 2.69. The molecule has 0 saturated heterocycles. The lowest BCUT2D eigenvalue weighted by Gasteiger charge is -1.96. The van der Waals surface area contributed by atoms with E-state index < -0.39 is 0 Å². The lowest BCUT2D eigenvalue weighted by molar-refractivity contribution is 0.0953. The summed E-state index contributed by atoms with van der Waals surface area (Å²) < 4.78 is 1.48. The van der Waals surface area contributed by atoms with E-state index in [4.69, 9.17) is 5.73 Å². The van der Waals surface area contributed by atoms with Crippen molar-refractivity contribution in [3.05, 3.63) is 24.0 Å². The quantitative estimate of drug-likeness (QED) is 0.607. The number of amides is 1. The van der Waals surface area contributed by atoms with Gasteiger partial charge in [-0.1, -0.05) is 17.4 Å². The van der Waals surface area contributed by atoms with E-state index in [9.17, 15) is 4.79 Å². The molecular formula is C8H13N5O. The highest BCUT2D eigenvalue weighted by Crippen LogP contribution is 1.89. The first-order chi connectivity index (χ1) is 6.74. The van der Waals surface area contributed by atoms with Crippen molar-refractivity contribution in [1.82, 2.24) is 20.3 Å². The summed E-state index contributed by atoms with van der Waals surface area (Å²) in [6, 6.07) is 0. The van der Waals surface area contributed by atoms with Crippen LogP contribution in [0.3, 0.4) is 0 Å². The Labute approximate surface area is 81.8 Å². The predicted molar refractivity (Wildman–Crippen MR) is 51.5 cm³/mol. The van der Waals surface area contributed by atoms with Gasteiger partial charge in [-0.25, -0.2) is 0 Å². The lowest BCUT2D eigenvalue weighted by Crippen LogP contribution is -2.23. The summed E-state index contributed by atoms with van der Waals surface area (Å²) in [4.78, 5) is 11.3. The van der Waals surface area contributed by atoms with E-state index in [0.29, 0.717) is 18.8 Å². The van der Waals surface area contributed by atoms with Crippen molar-refractivity contribution in [3.63, 3.8) is 0 Å². The summed E-state index contributed by atoms with van der Waals surface area (Å²) in [5.41, 5.74) is 5.55. The number of nitrogens with zero attached hydrogens (tertiary/aromatic N) is 3. The van der Waals surface area contributed by atoms with E-state index in [-0.39, 0.29) is 5.91 Å². The third-order valence-electron chi connectivity index (χ3n) is 1.52. The number of carbonyl (C=O) groups excluding carboxylic acids is 1. The van der Waals surface area contributed by atoms with Crippen LogP contribution in [-0.2, 0) is 7.05 Å². The molecule has 76 valence electrons. The van der Waals surface area contributed by atoms with Crippen molar-refractivity contribution in [1.29, 1.82) is 0 Å². The molecule has 1 amide bonds. The molecule has 0 aliphatic carbocycles. The van der Waals surface area contributed by atoms with Crippen molar-refractivity contribution in [3.8, 4) is 0 Å². The Morgan fingerprint density at radius 1 is 1.71 bits per heavy atom. The van der Waals surface area contributed by atoms with Crippen molar-refractivity contribution < 1.29 is 4.79 Å². The first-order valence-electron chi connectivity index (χ1n) is 4.23. The second-order valence-electron chi connectivity index (χ2n) is 2.69. The molecule has 0 aliphatic heterocycles. The minimum absolute atomic E-state index is 0.236. The number of carbonyl (C=O) groups is 1. The minimum Gasteiger partial charge on any atom is -0.347 e. The molecule has 0 bridgehead atoms. The van der Waals surface area contributed by atoms with Crippen LogP contribution < -0.4 is 11.1 Å². The number of hydrogen-bond donors (Lipinski definition) is 2. The van der Waals surface area contributed by atoms with Crippen LogP contribution in [0.25, 0.3) is 0 Å². The predicted octanol–water partition coefficient (Wildman–Crippen LogP) is -0.940. The van der Waals surface area contributed by atoms with Crippen molar-refractivity contribution in [2.75, 3.05) is 13.1 Å². The summed E-state index contributed by atoms with van der Waals surface area (Å²) in [7, 11) is 1.71. The summed E-state index contributed by atoms with van der Waals surface area (Å²) in [5.74, 6) is -0.236. The number of nitrogens with two attached hydrogens (primary N) is 1. The van der Waals surface area contributed by atoms with Gasteiger partial charge in [-0.2, -0.15) is 0 Å². The SMILES string of the molecule is Cn1cc(C(=O)NC/C=C/CN)nn1. The average molecular weight is 195 g/mol. The molecule has 1 aromatic heterocycles. The van der Waals surface area contributed by atoms with Crippen molar-refractivity contribution in [2.24, 2.45) is 12.8 Å². The van der Waals surface area contributed by atoms with Crippen molar-refractivity contribution in [2.45, 2.75) is 0 Å². The van der Waals surface area contributed by atoms with E-state index >= 15 is 0 Å². The zero-order valence-electron chi connectivity index (χ0n) is 7.97. The molecule has 14 heavy (non-hydrogen) atoms. The molecule has 0 atom stereocenters. The second kappa shape index (κ2) is 5.13. The Morgan fingerprint density at radius 2 is 2.50 bits per heavy atom. The van der Waals surface area contributed by atoms with Gasteiger partial charge < -0.3 is 11.1 Å². The van der Waals surface area contributed by atoms with Gasteiger partial charge in [0.25, 0.3) is 5.91 Å². The van der Waals surface area contributed by atoms with E-state index in [2.05, 4.69) is 15.6 Å². The van der Waals surface area contributed by atoms with Gasteiger partial charge in [0.1, 0.15) is 0 Å². The van der Waals surface area contributed by atoms with Gasteiger partial charge >= 0.3 is 0 Å². The molecule has 6 heteroatoms. The Balaban J connectivity index is 2.39. The molecule has 1 aromatic rings. The largest absolute Gasteiger partial charge is 0.347 e. The Morgan fingerprint density at radius 3 is 3.07 bits per heavy atom. The van der Waals surface area contributed by atoms with Crippen LogP contribution in [0.1, 0.15) is 10.5 Å². The fraction of sp³-hybridized carbons (Fsp3) is 0.375.